The van der Waals surface area contributed by atoms with Crippen molar-refractivity contribution >= 4 is 17.9 Å². The average Bonchev–Trinajstić information content (AvgIpc) is 3.43. The van der Waals surface area contributed by atoms with Crippen LogP contribution in [-0.4, -0.2) is 37.2 Å². The Kier molecular flexibility index (Phi) is 59.9. The quantitative estimate of drug-likeness (QED) is 0.0261. The molecule has 6 heteroatoms. The summed E-state index contributed by atoms with van der Waals surface area (Å²) in [6.45, 7) is 6.30. The molecular weight excluding hydrogens is 949 g/mol. The Bertz CT molecular complexity index is 1700. The van der Waals surface area contributed by atoms with Gasteiger partial charge < -0.3 is 14.2 Å². The number of hydrogen-bond donors (Lipinski definition) is 0. The van der Waals surface area contributed by atoms with Crippen molar-refractivity contribution in [3.63, 3.8) is 0 Å². The van der Waals surface area contributed by atoms with Crippen LogP contribution in [0.5, 0.6) is 0 Å². The van der Waals surface area contributed by atoms with Gasteiger partial charge in [-0.3, -0.25) is 14.4 Å². The third-order valence-corrected chi connectivity index (χ3v) is 12.8. The lowest BCUT2D eigenvalue weighted by Gasteiger charge is -2.18. The van der Waals surface area contributed by atoms with Crippen LogP contribution in [0.25, 0.3) is 0 Å². The minimum atomic E-state index is -0.838. The van der Waals surface area contributed by atoms with Gasteiger partial charge in [0, 0.05) is 19.3 Å². The zero-order valence-corrected chi connectivity index (χ0v) is 49.7. The van der Waals surface area contributed by atoms with Crippen LogP contribution in [0.1, 0.15) is 265 Å². The van der Waals surface area contributed by atoms with Crippen LogP contribution >= 0.6 is 0 Å². The van der Waals surface area contributed by atoms with Gasteiger partial charge in [0.2, 0.25) is 0 Å². The van der Waals surface area contributed by atoms with Gasteiger partial charge in [-0.1, -0.05) is 269 Å². The highest BCUT2D eigenvalue weighted by atomic mass is 16.6. The van der Waals surface area contributed by atoms with Gasteiger partial charge in [-0.2, -0.15) is 0 Å². The van der Waals surface area contributed by atoms with E-state index in [1.54, 1.807) is 0 Å². The van der Waals surface area contributed by atoms with Crippen molar-refractivity contribution in [2.24, 2.45) is 0 Å². The van der Waals surface area contributed by atoms with Crippen molar-refractivity contribution in [3.8, 4) is 0 Å². The minimum absolute atomic E-state index is 0.135. The summed E-state index contributed by atoms with van der Waals surface area (Å²) in [5.74, 6) is -1.07. The Morgan fingerprint density at radius 2 is 0.545 bits per heavy atom. The molecule has 0 bridgehead atoms. The summed E-state index contributed by atoms with van der Waals surface area (Å²) in [5, 5.41) is 0. The Hall–Kier alpha value is -4.71. The third kappa shape index (κ3) is 62.0. The number of esters is 3. The van der Waals surface area contributed by atoms with Crippen molar-refractivity contribution in [1.82, 2.24) is 0 Å². The van der Waals surface area contributed by atoms with E-state index in [4.69, 9.17) is 14.2 Å². The number of carbonyl (C=O) groups excluding carboxylic acids is 3. The SMILES string of the molecule is CC/C=C\C/C=C\C/C=C\C/C=C\C/C=C\C/C=C\C/C=C\CCCC(=O)OCC(COC(=O)CC/C=C\C/C=C\C/C=C\C/C=C\CC)OC(=O)CCCCCCCCCCCCC/C=C\CCCCCCCCCC. The summed E-state index contributed by atoms with van der Waals surface area (Å²) >= 11 is 0. The highest BCUT2D eigenvalue weighted by Crippen LogP contribution is 2.15. The van der Waals surface area contributed by atoms with E-state index in [1.165, 1.54) is 116 Å². The fourth-order valence-electron chi connectivity index (χ4n) is 8.21. The lowest BCUT2D eigenvalue weighted by atomic mass is 10.0. The van der Waals surface area contributed by atoms with Crippen LogP contribution in [0.3, 0.4) is 0 Å². The molecular formula is C71H114O6. The first-order valence-electron chi connectivity index (χ1n) is 31.3. The number of ether oxygens (including phenoxy) is 3. The molecule has 0 aromatic carbocycles. The van der Waals surface area contributed by atoms with Gasteiger partial charge in [0.1, 0.15) is 13.2 Å². The van der Waals surface area contributed by atoms with Gasteiger partial charge in [0.15, 0.2) is 6.10 Å². The van der Waals surface area contributed by atoms with Crippen molar-refractivity contribution in [2.75, 3.05) is 13.2 Å². The van der Waals surface area contributed by atoms with Crippen LogP contribution in [0, 0.1) is 0 Å². The number of rotatable bonds is 55. The first-order chi connectivity index (χ1) is 38.0. The van der Waals surface area contributed by atoms with Gasteiger partial charge in [-0.05, 0) is 122 Å². The van der Waals surface area contributed by atoms with E-state index in [2.05, 4.69) is 154 Å². The highest BCUT2D eigenvalue weighted by Gasteiger charge is 2.19. The summed E-state index contributed by atoms with van der Waals surface area (Å²) in [7, 11) is 0. The van der Waals surface area contributed by atoms with Crippen molar-refractivity contribution in [3.05, 3.63) is 146 Å². The number of unbranched alkanes of at least 4 members (excludes halogenated alkanes) is 20. The fourth-order valence-corrected chi connectivity index (χ4v) is 8.21. The molecule has 0 fully saturated rings. The lowest BCUT2D eigenvalue weighted by Crippen LogP contribution is -2.30. The summed E-state index contributed by atoms with van der Waals surface area (Å²) < 4.78 is 16.8. The van der Waals surface area contributed by atoms with Crippen molar-refractivity contribution in [2.45, 2.75) is 271 Å². The Balaban J connectivity index is 4.49. The molecule has 434 valence electrons. The van der Waals surface area contributed by atoms with E-state index in [1.807, 2.05) is 12.2 Å². The maximum atomic E-state index is 12.9. The molecule has 0 N–H and O–H groups in total. The first-order valence-corrected chi connectivity index (χ1v) is 31.3. The lowest BCUT2D eigenvalue weighted by molar-refractivity contribution is -0.166. The minimum Gasteiger partial charge on any atom is -0.462 e. The molecule has 0 aliphatic rings. The van der Waals surface area contributed by atoms with Crippen LogP contribution in [0.15, 0.2) is 146 Å². The number of allylic oxidation sites excluding steroid dienone is 24. The van der Waals surface area contributed by atoms with Crippen molar-refractivity contribution < 1.29 is 28.6 Å². The standard InChI is InChI=1S/C71H114O6/c1-4-7-10-13-16-19-22-25-27-29-31-33-35-37-39-41-43-46-49-52-55-58-61-64-70(73)76-67-68(66-75-69(72)63-60-57-54-51-48-45-24-21-18-15-12-9-6-3)77-71(74)65-62-59-56-53-50-47-44-42-40-38-36-34-32-30-28-26-23-20-17-14-11-8-5-2/h7,9-10,12,16,18-19,21,25,27,30-33,37,39,43,45-46,48,52,54-55,57,68H,4-6,8,11,13-15,17,20,22-24,26,28-29,34-36,38,40-42,44,47,49-51,53,56,58-67H2,1-3H3/b10-7-,12-9-,19-16-,21-18-,27-25-,32-30-,33-31-,39-37-,46-43-,48-45-,55-52-,57-54-. The summed E-state index contributed by atoms with van der Waals surface area (Å²) in [5.41, 5.74) is 0. The maximum absolute atomic E-state index is 12.9. The molecule has 0 saturated carbocycles. The van der Waals surface area contributed by atoms with Crippen LogP contribution < -0.4 is 0 Å². The summed E-state index contributed by atoms with van der Waals surface area (Å²) in [4.78, 5) is 38.2. The zero-order valence-electron chi connectivity index (χ0n) is 49.7. The second-order valence-electron chi connectivity index (χ2n) is 20.2. The normalized spacial score (nSPS) is 13.1. The average molecular weight is 1060 g/mol. The fraction of sp³-hybridized carbons (Fsp3) is 0.620. The third-order valence-electron chi connectivity index (χ3n) is 12.8. The summed E-state index contributed by atoms with van der Waals surface area (Å²) in [6.07, 6.45) is 91.6. The molecule has 0 aliphatic heterocycles. The van der Waals surface area contributed by atoms with Gasteiger partial charge in [-0.25, -0.2) is 0 Å². The van der Waals surface area contributed by atoms with E-state index in [9.17, 15) is 14.4 Å². The molecule has 0 saturated heterocycles. The molecule has 1 unspecified atom stereocenters. The Morgan fingerprint density at radius 3 is 0.922 bits per heavy atom. The largest absolute Gasteiger partial charge is 0.462 e. The topological polar surface area (TPSA) is 78.9 Å². The molecule has 0 heterocycles. The number of hydrogen-bond acceptors (Lipinski definition) is 6. The molecule has 0 rings (SSSR count). The van der Waals surface area contributed by atoms with E-state index < -0.39 is 6.10 Å². The van der Waals surface area contributed by atoms with Gasteiger partial charge in [0.05, 0.1) is 0 Å². The van der Waals surface area contributed by atoms with E-state index in [-0.39, 0.29) is 44.0 Å². The molecule has 0 amide bonds. The first kappa shape index (κ1) is 72.3. The zero-order chi connectivity index (χ0) is 55.7. The van der Waals surface area contributed by atoms with Crippen LogP contribution in [0.4, 0.5) is 0 Å². The molecule has 1 atom stereocenters. The molecule has 6 nitrogen and oxygen atoms in total. The van der Waals surface area contributed by atoms with Gasteiger partial charge >= 0.3 is 17.9 Å². The van der Waals surface area contributed by atoms with E-state index >= 15 is 0 Å². The second-order valence-corrected chi connectivity index (χ2v) is 20.2. The molecule has 0 aromatic rings. The van der Waals surface area contributed by atoms with Gasteiger partial charge in [-0.15, -0.1) is 0 Å². The van der Waals surface area contributed by atoms with Crippen LogP contribution in [-0.2, 0) is 28.6 Å². The molecule has 0 aliphatic carbocycles. The smallest absolute Gasteiger partial charge is 0.306 e. The molecule has 0 aromatic heterocycles. The van der Waals surface area contributed by atoms with E-state index in [0.29, 0.717) is 19.3 Å². The predicted octanol–water partition coefficient (Wildman–Crippen LogP) is 21.5. The highest BCUT2D eigenvalue weighted by molar-refractivity contribution is 5.71. The van der Waals surface area contributed by atoms with Crippen molar-refractivity contribution in [1.29, 1.82) is 0 Å². The monoisotopic (exact) mass is 1060 g/mol. The molecule has 0 radical (unpaired) electrons. The maximum Gasteiger partial charge on any atom is 0.306 e. The Morgan fingerprint density at radius 1 is 0.273 bits per heavy atom. The molecule has 0 spiro atoms. The second kappa shape index (κ2) is 63.8. The summed E-state index contributed by atoms with van der Waals surface area (Å²) in [6, 6.07) is 0. The van der Waals surface area contributed by atoms with Gasteiger partial charge in [0.25, 0.3) is 0 Å². The van der Waals surface area contributed by atoms with Crippen LogP contribution in [0.2, 0.25) is 0 Å². The predicted molar refractivity (Wildman–Crippen MR) is 334 cm³/mol. The molecule has 77 heavy (non-hydrogen) atoms. The Labute approximate surface area is 474 Å². The van der Waals surface area contributed by atoms with E-state index in [0.717, 1.165) is 96.3 Å². The number of carbonyl (C=O) groups is 3.